The van der Waals surface area contributed by atoms with Gasteiger partial charge in [0.15, 0.2) is 5.82 Å². The van der Waals surface area contributed by atoms with Crippen LogP contribution in [0.3, 0.4) is 0 Å². The molecule has 0 radical (unpaired) electrons. The SMILES string of the molecule is Cc1nc(C2(NC(=O)CC(C)c3ccc(F)cc3F)CCCC2)no1. The van der Waals surface area contributed by atoms with E-state index in [1.165, 1.54) is 12.1 Å². The van der Waals surface area contributed by atoms with Crippen molar-refractivity contribution in [3.8, 4) is 0 Å². The molecule has 3 rings (SSSR count). The summed E-state index contributed by atoms with van der Waals surface area (Å²) in [6.07, 6.45) is 3.53. The van der Waals surface area contributed by atoms with E-state index in [0.29, 0.717) is 17.3 Å². The van der Waals surface area contributed by atoms with Crippen LogP contribution in [0.4, 0.5) is 8.78 Å². The van der Waals surface area contributed by atoms with E-state index in [1.54, 1.807) is 13.8 Å². The molecule has 1 fully saturated rings. The van der Waals surface area contributed by atoms with Gasteiger partial charge in [-0.3, -0.25) is 4.79 Å². The maximum absolute atomic E-state index is 13.9. The maximum Gasteiger partial charge on any atom is 0.223 e. The molecule has 0 aliphatic heterocycles. The van der Waals surface area contributed by atoms with E-state index >= 15 is 0 Å². The van der Waals surface area contributed by atoms with Gasteiger partial charge >= 0.3 is 0 Å². The van der Waals surface area contributed by atoms with Gasteiger partial charge in [-0.2, -0.15) is 4.98 Å². The smallest absolute Gasteiger partial charge is 0.223 e. The zero-order chi connectivity index (χ0) is 18.0. The molecule has 0 bridgehead atoms. The van der Waals surface area contributed by atoms with Crippen molar-refractivity contribution in [1.82, 2.24) is 15.5 Å². The van der Waals surface area contributed by atoms with Crippen molar-refractivity contribution in [2.24, 2.45) is 0 Å². The first kappa shape index (κ1) is 17.5. The lowest BCUT2D eigenvalue weighted by atomic mass is 9.93. The van der Waals surface area contributed by atoms with Gasteiger partial charge in [-0.1, -0.05) is 31.0 Å². The molecule has 0 spiro atoms. The molecule has 1 N–H and O–H groups in total. The van der Waals surface area contributed by atoms with Crippen LogP contribution in [-0.4, -0.2) is 16.0 Å². The molecule has 1 unspecified atom stereocenters. The third kappa shape index (κ3) is 3.70. The largest absolute Gasteiger partial charge is 0.343 e. The van der Waals surface area contributed by atoms with Gasteiger partial charge in [0, 0.05) is 19.4 Å². The fourth-order valence-corrected chi connectivity index (χ4v) is 3.48. The second-order valence-electron chi connectivity index (χ2n) is 6.75. The molecule has 2 aromatic rings. The summed E-state index contributed by atoms with van der Waals surface area (Å²) in [6, 6.07) is 3.42. The first-order valence-corrected chi connectivity index (χ1v) is 8.46. The number of rotatable bonds is 5. The zero-order valence-corrected chi connectivity index (χ0v) is 14.3. The Morgan fingerprint density at radius 3 is 2.68 bits per heavy atom. The molecule has 1 aliphatic rings. The Labute approximate surface area is 144 Å². The number of hydrogen-bond donors (Lipinski definition) is 1. The van der Waals surface area contributed by atoms with Crippen LogP contribution in [0.1, 0.15) is 62.2 Å². The fraction of sp³-hybridized carbons (Fsp3) is 0.500. The van der Waals surface area contributed by atoms with Crippen LogP contribution in [0.15, 0.2) is 22.7 Å². The molecule has 1 aromatic heterocycles. The molecule has 1 aliphatic carbocycles. The summed E-state index contributed by atoms with van der Waals surface area (Å²) in [5.41, 5.74) is -0.289. The first-order valence-electron chi connectivity index (χ1n) is 8.46. The summed E-state index contributed by atoms with van der Waals surface area (Å²) < 4.78 is 32.0. The molecular formula is C18H21F2N3O2. The number of hydrogen-bond acceptors (Lipinski definition) is 4. The van der Waals surface area contributed by atoms with Crippen molar-refractivity contribution >= 4 is 5.91 Å². The van der Waals surface area contributed by atoms with E-state index in [-0.39, 0.29) is 18.2 Å². The number of halogens is 2. The normalized spacial score (nSPS) is 17.4. The number of aryl methyl sites for hydroxylation is 1. The fourth-order valence-electron chi connectivity index (χ4n) is 3.48. The minimum absolute atomic E-state index is 0.0983. The third-order valence-electron chi connectivity index (χ3n) is 4.78. The lowest BCUT2D eigenvalue weighted by molar-refractivity contribution is -0.123. The Kier molecular flexibility index (Phi) is 4.83. The van der Waals surface area contributed by atoms with Gasteiger partial charge in [0.05, 0.1) is 0 Å². The Bertz CT molecular complexity index is 769. The lowest BCUT2D eigenvalue weighted by Crippen LogP contribution is -2.45. The van der Waals surface area contributed by atoms with Crippen LogP contribution in [-0.2, 0) is 10.3 Å². The average molecular weight is 349 g/mol. The van der Waals surface area contributed by atoms with E-state index in [9.17, 15) is 13.6 Å². The van der Waals surface area contributed by atoms with Gasteiger partial charge in [0.25, 0.3) is 0 Å². The highest BCUT2D eigenvalue weighted by Crippen LogP contribution is 2.37. The van der Waals surface area contributed by atoms with Gasteiger partial charge < -0.3 is 9.84 Å². The number of amides is 1. The summed E-state index contributed by atoms with van der Waals surface area (Å²) in [7, 11) is 0. The molecule has 25 heavy (non-hydrogen) atoms. The van der Waals surface area contributed by atoms with Crippen molar-refractivity contribution < 1.29 is 18.1 Å². The van der Waals surface area contributed by atoms with Crippen LogP contribution in [0.25, 0.3) is 0 Å². The number of nitrogens with one attached hydrogen (secondary N) is 1. The van der Waals surface area contributed by atoms with E-state index in [4.69, 9.17) is 4.52 Å². The molecule has 1 aromatic carbocycles. The van der Waals surface area contributed by atoms with Gasteiger partial charge in [0.1, 0.15) is 17.2 Å². The summed E-state index contributed by atoms with van der Waals surface area (Å²) in [6.45, 7) is 3.45. The highest BCUT2D eigenvalue weighted by molar-refractivity contribution is 5.77. The molecule has 1 amide bonds. The first-order chi connectivity index (χ1) is 11.9. The number of aromatic nitrogens is 2. The van der Waals surface area contributed by atoms with Gasteiger partial charge in [0.2, 0.25) is 11.8 Å². The van der Waals surface area contributed by atoms with E-state index in [2.05, 4.69) is 15.5 Å². The topological polar surface area (TPSA) is 68.0 Å². The van der Waals surface area contributed by atoms with Crippen molar-refractivity contribution in [3.63, 3.8) is 0 Å². The second-order valence-corrected chi connectivity index (χ2v) is 6.75. The average Bonchev–Trinajstić information content (AvgIpc) is 3.17. The van der Waals surface area contributed by atoms with Crippen LogP contribution in [0, 0.1) is 18.6 Å². The molecule has 5 nitrogen and oxygen atoms in total. The number of benzene rings is 1. The molecular weight excluding hydrogens is 328 g/mol. The minimum Gasteiger partial charge on any atom is -0.343 e. The van der Waals surface area contributed by atoms with E-state index < -0.39 is 17.2 Å². The zero-order valence-electron chi connectivity index (χ0n) is 14.3. The van der Waals surface area contributed by atoms with Gasteiger partial charge in [-0.25, -0.2) is 8.78 Å². The van der Waals surface area contributed by atoms with Gasteiger partial charge in [-0.15, -0.1) is 0 Å². The molecule has 1 saturated carbocycles. The predicted octanol–water partition coefficient (Wildman–Crippen LogP) is 3.74. The molecule has 1 heterocycles. The van der Waals surface area contributed by atoms with Crippen LogP contribution >= 0.6 is 0 Å². The summed E-state index contributed by atoms with van der Waals surface area (Å²) in [5, 5.41) is 7.01. The van der Waals surface area contributed by atoms with E-state index in [1.807, 2.05) is 0 Å². The van der Waals surface area contributed by atoms with Crippen molar-refractivity contribution in [1.29, 1.82) is 0 Å². The van der Waals surface area contributed by atoms with Crippen LogP contribution in [0.2, 0.25) is 0 Å². The van der Waals surface area contributed by atoms with Crippen molar-refractivity contribution in [3.05, 3.63) is 47.1 Å². The lowest BCUT2D eigenvalue weighted by Gasteiger charge is -2.27. The highest BCUT2D eigenvalue weighted by Gasteiger charge is 2.41. The Balaban J connectivity index is 1.72. The molecule has 134 valence electrons. The van der Waals surface area contributed by atoms with Crippen molar-refractivity contribution in [2.45, 2.75) is 57.4 Å². The molecule has 7 heteroatoms. The highest BCUT2D eigenvalue weighted by atomic mass is 19.1. The van der Waals surface area contributed by atoms with Crippen LogP contribution < -0.4 is 5.32 Å². The predicted molar refractivity (Wildman–Crippen MR) is 86.7 cm³/mol. The molecule has 1 atom stereocenters. The summed E-state index contributed by atoms with van der Waals surface area (Å²) in [5.74, 6) is -0.889. The standard InChI is InChI=1S/C18H21F2N3O2/c1-11(14-6-5-13(19)10-15(14)20)9-16(24)22-18(7-3-4-8-18)17-21-12(2)25-23-17/h5-6,10-11H,3-4,7-9H2,1-2H3,(H,22,24). The monoisotopic (exact) mass is 349 g/mol. The van der Waals surface area contributed by atoms with Crippen molar-refractivity contribution in [2.75, 3.05) is 0 Å². The number of nitrogens with zero attached hydrogens (tertiary/aromatic N) is 2. The second kappa shape index (κ2) is 6.90. The number of carbonyl (C=O) groups is 1. The third-order valence-corrected chi connectivity index (χ3v) is 4.78. The number of carbonyl (C=O) groups excluding carboxylic acids is 1. The van der Waals surface area contributed by atoms with E-state index in [0.717, 1.165) is 31.7 Å². The Hall–Kier alpha value is -2.31. The van der Waals surface area contributed by atoms with Crippen LogP contribution in [0.5, 0.6) is 0 Å². The summed E-state index contributed by atoms with van der Waals surface area (Å²) in [4.78, 5) is 16.8. The Morgan fingerprint density at radius 2 is 2.08 bits per heavy atom. The maximum atomic E-state index is 13.9. The Morgan fingerprint density at radius 1 is 1.36 bits per heavy atom. The summed E-state index contributed by atoms with van der Waals surface area (Å²) >= 11 is 0. The quantitative estimate of drug-likeness (QED) is 0.893. The minimum atomic E-state index is -0.635. The molecule has 0 saturated heterocycles. The van der Waals surface area contributed by atoms with Gasteiger partial charge in [-0.05, 0) is 30.4 Å².